The van der Waals surface area contributed by atoms with Gasteiger partial charge < -0.3 is 10.5 Å². The fourth-order valence-corrected chi connectivity index (χ4v) is 2.12. The van der Waals surface area contributed by atoms with Gasteiger partial charge in [-0.25, -0.2) is 0 Å². The fourth-order valence-electron chi connectivity index (χ4n) is 2.12. The first-order chi connectivity index (χ1) is 7.69. The van der Waals surface area contributed by atoms with Gasteiger partial charge in [0.2, 0.25) is 0 Å². The van der Waals surface area contributed by atoms with Crippen LogP contribution in [0, 0.1) is 0 Å². The van der Waals surface area contributed by atoms with E-state index in [1.807, 2.05) is 0 Å². The van der Waals surface area contributed by atoms with Crippen molar-refractivity contribution < 1.29 is 9.53 Å². The molecule has 1 rings (SSSR count). The van der Waals surface area contributed by atoms with Crippen molar-refractivity contribution in [2.24, 2.45) is 5.73 Å². The number of hydrogen-bond acceptors (Lipinski definition) is 3. The van der Waals surface area contributed by atoms with Gasteiger partial charge in [0.1, 0.15) is 5.54 Å². The number of Topliss-reactive ketones (excluding diaryl/α,β-unsaturated/α-hetero) is 1. The molecular weight excluding hydrogens is 202 g/mol. The van der Waals surface area contributed by atoms with E-state index in [2.05, 4.69) is 6.92 Å². The monoisotopic (exact) mass is 227 g/mol. The van der Waals surface area contributed by atoms with Gasteiger partial charge in [-0.05, 0) is 12.8 Å². The molecule has 1 saturated heterocycles. The molecule has 16 heavy (non-hydrogen) atoms. The third-order valence-corrected chi connectivity index (χ3v) is 3.36. The van der Waals surface area contributed by atoms with Crippen molar-refractivity contribution in [1.82, 2.24) is 0 Å². The molecule has 3 nitrogen and oxygen atoms in total. The number of carbonyl (C=O) groups is 1. The van der Waals surface area contributed by atoms with Crippen molar-refractivity contribution in [2.45, 2.75) is 63.8 Å². The van der Waals surface area contributed by atoms with Crippen molar-refractivity contribution in [1.29, 1.82) is 0 Å². The average Bonchev–Trinajstić information content (AvgIpc) is 2.71. The highest BCUT2D eigenvalue weighted by molar-refractivity contribution is 5.88. The summed E-state index contributed by atoms with van der Waals surface area (Å²) in [4.78, 5) is 11.9. The van der Waals surface area contributed by atoms with E-state index < -0.39 is 5.54 Å². The molecule has 0 spiro atoms. The van der Waals surface area contributed by atoms with E-state index in [1.165, 1.54) is 25.7 Å². The van der Waals surface area contributed by atoms with Crippen molar-refractivity contribution >= 4 is 5.78 Å². The lowest BCUT2D eigenvalue weighted by atomic mass is 9.91. The number of hydrogen-bond donors (Lipinski definition) is 1. The number of unbranched alkanes of at least 4 members (excludes halogenated alkanes) is 5. The van der Waals surface area contributed by atoms with E-state index in [9.17, 15) is 4.79 Å². The largest absolute Gasteiger partial charge is 0.379 e. The predicted octanol–water partition coefficient (Wildman–Crippen LogP) is 2.42. The minimum Gasteiger partial charge on any atom is -0.379 e. The molecular formula is C13H25NO2. The molecule has 0 amide bonds. The van der Waals surface area contributed by atoms with E-state index in [0.717, 1.165) is 12.8 Å². The fraction of sp³-hybridized carbons (Fsp3) is 0.923. The Kier molecular flexibility index (Phi) is 5.99. The van der Waals surface area contributed by atoms with Gasteiger partial charge in [-0.3, -0.25) is 4.79 Å². The van der Waals surface area contributed by atoms with Gasteiger partial charge in [-0.15, -0.1) is 0 Å². The van der Waals surface area contributed by atoms with Crippen LogP contribution < -0.4 is 5.73 Å². The van der Waals surface area contributed by atoms with Crippen molar-refractivity contribution in [3.8, 4) is 0 Å². The van der Waals surface area contributed by atoms with Crippen LogP contribution in [0.15, 0.2) is 0 Å². The predicted molar refractivity (Wildman–Crippen MR) is 65.4 cm³/mol. The minimum atomic E-state index is -0.663. The molecule has 0 aromatic rings. The topological polar surface area (TPSA) is 52.3 Å². The highest BCUT2D eigenvalue weighted by atomic mass is 16.5. The van der Waals surface area contributed by atoms with E-state index in [-0.39, 0.29) is 5.78 Å². The second-order valence-corrected chi connectivity index (χ2v) is 4.90. The van der Waals surface area contributed by atoms with Crippen LogP contribution in [-0.2, 0) is 9.53 Å². The molecule has 1 aliphatic heterocycles. The highest BCUT2D eigenvalue weighted by Crippen LogP contribution is 2.19. The summed E-state index contributed by atoms with van der Waals surface area (Å²) >= 11 is 0. The standard InChI is InChI=1S/C13H25NO2/c1-2-3-4-5-6-7-8-12(15)13(14)9-10-16-11-13/h2-11,14H2,1H3. The maximum absolute atomic E-state index is 11.9. The molecule has 94 valence electrons. The molecule has 1 heterocycles. The van der Waals surface area contributed by atoms with Gasteiger partial charge in [0.05, 0.1) is 6.61 Å². The van der Waals surface area contributed by atoms with Gasteiger partial charge in [0.25, 0.3) is 0 Å². The smallest absolute Gasteiger partial charge is 0.155 e. The number of nitrogens with two attached hydrogens (primary N) is 1. The summed E-state index contributed by atoms with van der Waals surface area (Å²) in [6.45, 7) is 3.27. The summed E-state index contributed by atoms with van der Waals surface area (Å²) < 4.78 is 5.19. The Morgan fingerprint density at radius 2 is 1.94 bits per heavy atom. The van der Waals surface area contributed by atoms with E-state index in [1.54, 1.807) is 0 Å². The lowest BCUT2D eigenvalue weighted by Crippen LogP contribution is -2.48. The third-order valence-electron chi connectivity index (χ3n) is 3.36. The number of ketones is 1. The molecule has 1 atom stereocenters. The Balaban J connectivity index is 2.06. The molecule has 1 fully saturated rings. The van der Waals surface area contributed by atoms with Gasteiger partial charge in [-0.1, -0.05) is 39.0 Å². The first-order valence-corrected chi connectivity index (χ1v) is 6.59. The summed E-state index contributed by atoms with van der Waals surface area (Å²) in [6.07, 6.45) is 8.58. The zero-order chi connectivity index (χ0) is 11.9. The maximum atomic E-state index is 11.9. The Labute approximate surface area is 98.7 Å². The molecule has 0 aliphatic carbocycles. The van der Waals surface area contributed by atoms with E-state index >= 15 is 0 Å². The zero-order valence-electron chi connectivity index (χ0n) is 10.5. The van der Waals surface area contributed by atoms with Crippen LogP contribution in [0.2, 0.25) is 0 Å². The Bertz CT molecular complexity index is 210. The molecule has 3 heteroatoms. The zero-order valence-corrected chi connectivity index (χ0v) is 10.5. The number of ether oxygens (including phenoxy) is 1. The average molecular weight is 227 g/mol. The SMILES string of the molecule is CCCCCCCCC(=O)C1(N)CCOC1. The maximum Gasteiger partial charge on any atom is 0.155 e. The Morgan fingerprint density at radius 3 is 2.56 bits per heavy atom. The van der Waals surface area contributed by atoms with Crippen LogP contribution in [-0.4, -0.2) is 24.5 Å². The first-order valence-electron chi connectivity index (χ1n) is 6.59. The summed E-state index contributed by atoms with van der Waals surface area (Å²) in [5, 5.41) is 0. The molecule has 0 radical (unpaired) electrons. The second kappa shape index (κ2) is 7.02. The van der Waals surface area contributed by atoms with Crippen molar-refractivity contribution in [2.75, 3.05) is 13.2 Å². The molecule has 0 aromatic heterocycles. The molecule has 0 saturated carbocycles. The quantitative estimate of drug-likeness (QED) is 0.648. The van der Waals surface area contributed by atoms with Gasteiger partial charge >= 0.3 is 0 Å². The summed E-state index contributed by atoms with van der Waals surface area (Å²) in [7, 11) is 0. The van der Waals surface area contributed by atoms with Crippen LogP contribution >= 0.6 is 0 Å². The van der Waals surface area contributed by atoms with Crippen molar-refractivity contribution in [3.05, 3.63) is 0 Å². The molecule has 1 unspecified atom stereocenters. The highest BCUT2D eigenvalue weighted by Gasteiger charge is 2.36. The number of rotatable bonds is 8. The Hall–Kier alpha value is -0.410. The summed E-state index contributed by atoms with van der Waals surface area (Å²) in [5.41, 5.74) is 5.33. The molecule has 0 aromatic carbocycles. The normalized spacial score (nSPS) is 24.9. The van der Waals surface area contributed by atoms with E-state index in [0.29, 0.717) is 26.1 Å². The second-order valence-electron chi connectivity index (χ2n) is 4.90. The minimum absolute atomic E-state index is 0.195. The Morgan fingerprint density at radius 1 is 1.25 bits per heavy atom. The first kappa shape index (κ1) is 13.7. The number of carbonyl (C=O) groups excluding carboxylic acids is 1. The van der Waals surface area contributed by atoms with Gasteiger partial charge in [-0.2, -0.15) is 0 Å². The van der Waals surface area contributed by atoms with Crippen LogP contribution in [0.3, 0.4) is 0 Å². The lowest BCUT2D eigenvalue weighted by Gasteiger charge is -2.19. The van der Waals surface area contributed by atoms with Gasteiger partial charge in [0.15, 0.2) is 5.78 Å². The molecule has 2 N–H and O–H groups in total. The third kappa shape index (κ3) is 4.22. The van der Waals surface area contributed by atoms with Crippen LogP contribution in [0.1, 0.15) is 58.3 Å². The van der Waals surface area contributed by atoms with Crippen molar-refractivity contribution in [3.63, 3.8) is 0 Å². The lowest BCUT2D eigenvalue weighted by molar-refractivity contribution is -0.124. The van der Waals surface area contributed by atoms with Gasteiger partial charge in [0, 0.05) is 13.0 Å². The summed E-state index contributed by atoms with van der Waals surface area (Å²) in [6, 6.07) is 0. The van der Waals surface area contributed by atoms with Crippen LogP contribution in [0.5, 0.6) is 0 Å². The summed E-state index contributed by atoms with van der Waals surface area (Å²) in [5.74, 6) is 0.195. The van der Waals surface area contributed by atoms with Crippen LogP contribution in [0.4, 0.5) is 0 Å². The van der Waals surface area contributed by atoms with Crippen LogP contribution in [0.25, 0.3) is 0 Å². The van der Waals surface area contributed by atoms with E-state index in [4.69, 9.17) is 10.5 Å². The molecule has 0 bridgehead atoms. The molecule has 1 aliphatic rings.